The van der Waals surface area contributed by atoms with Crippen LogP contribution in [-0.4, -0.2) is 26.7 Å². The second kappa shape index (κ2) is 5.03. The molecule has 3 N–H and O–H groups in total. The van der Waals surface area contributed by atoms with Crippen LogP contribution in [0.1, 0.15) is 19.3 Å². The van der Waals surface area contributed by atoms with E-state index in [0.29, 0.717) is 11.4 Å². The van der Waals surface area contributed by atoms with E-state index in [4.69, 9.17) is 33.7 Å². The molecule has 3 unspecified atom stereocenters. The Bertz CT molecular complexity index is 627. The normalized spacial score (nSPS) is 29.0. The van der Waals surface area contributed by atoms with Crippen molar-refractivity contribution in [2.24, 2.45) is 0 Å². The van der Waals surface area contributed by atoms with Gasteiger partial charge in [-0.15, -0.1) is 0 Å². The molecule has 2 heterocycles. The monoisotopic (exact) mass is 336 g/mol. The van der Waals surface area contributed by atoms with Crippen molar-refractivity contribution in [2.75, 3.05) is 5.73 Å². The second-order valence-corrected chi connectivity index (χ2v) is 7.64. The maximum absolute atomic E-state index is 12.4. The third-order valence-corrected chi connectivity index (χ3v) is 5.95. The third-order valence-electron chi connectivity index (χ3n) is 3.72. The lowest BCUT2D eigenvalue weighted by Gasteiger charge is -2.21. The summed E-state index contributed by atoms with van der Waals surface area (Å²) < 4.78 is 33.2. The van der Waals surface area contributed by atoms with Crippen molar-refractivity contribution in [1.82, 2.24) is 4.72 Å². The first-order valence-corrected chi connectivity index (χ1v) is 8.53. The molecule has 2 saturated heterocycles. The summed E-state index contributed by atoms with van der Waals surface area (Å²) in [4.78, 5) is -0.119. The van der Waals surface area contributed by atoms with Gasteiger partial charge in [-0.05, 0) is 31.4 Å². The fraction of sp³-hybridized carbons (Fsp3) is 0.500. The number of rotatable bonds is 3. The van der Waals surface area contributed by atoms with Gasteiger partial charge in [0.15, 0.2) is 0 Å². The van der Waals surface area contributed by atoms with Crippen molar-refractivity contribution in [1.29, 1.82) is 0 Å². The van der Waals surface area contributed by atoms with Gasteiger partial charge in [0.1, 0.15) is 4.90 Å². The minimum absolute atomic E-state index is 0.0200. The molecule has 0 aliphatic carbocycles. The molecule has 1 aromatic carbocycles. The molecule has 2 fully saturated rings. The molecular formula is C12H14Cl2N2O3S. The van der Waals surface area contributed by atoms with Crippen LogP contribution in [0.15, 0.2) is 17.0 Å². The van der Waals surface area contributed by atoms with Crippen LogP contribution in [0, 0.1) is 0 Å². The van der Waals surface area contributed by atoms with Gasteiger partial charge in [0.05, 0.1) is 29.0 Å². The van der Waals surface area contributed by atoms with Gasteiger partial charge >= 0.3 is 0 Å². The van der Waals surface area contributed by atoms with Gasteiger partial charge in [0, 0.05) is 5.02 Å². The number of nitrogen functional groups attached to an aromatic ring is 1. The molecule has 2 aliphatic heterocycles. The van der Waals surface area contributed by atoms with Gasteiger partial charge < -0.3 is 10.5 Å². The van der Waals surface area contributed by atoms with Crippen molar-refractivity contribution in [3.05, 3.63) is 22.2 Å². The summed E-state index contributed by atoms with van der Waals surface area (Å²) in [5.41, 5.74) is 5.78. The Morgan fingerprint density at radius 2 is 2.05 bits per heavy atom. The largest absolute Gasteiger partial charge is 0.398 e. The zero-order valence-electron chi connectivity index (χ0n) is 10.5. The Kier molecular flexibility index (Phi) is 3.63. The van der Waals surface area contributed by atoms with Gasteiger partial charge in [0.25, 0.3) is 0 Å². The van der Waals surface area contributed by atoms with Crippen molar-refractivity contribution in [3.8, 4) is 0 Å². The molecule has 5 nitrogen and oxygen atoms in total. The van der Waals surface area contributed by atoms with E-state index in [1.165, 1.54) is 12.1 Å². The smallest absolute Gasteiger partial charge is 0.244 e. The molecule has 0 spiro atoms. The van der Waals surface area contributed by atoms with Crippen LogP contribution in [0.2, 0.25) is 10.0 Å². The number of sulfonamides is 1. The minimum atomic E-state index is -3.79. The molecule has 8 heteroatoms. The summed E-state index contributed by atoms with van der Waals surface area (Å²) in [6.45, 7) is 0. The van der Waals surface area contributed by atoms with Crippen molar-refractivity contribution >= 4 is 38.9 Å². The first-order chi connectivity index (χ1) is 9.37. The number of nitrogens with one attached hydrogen (secondary N) is 1. The van der Waals surface area contributed by atoms with Gasteiger partial charge in [-0.25, -0.2) is 13.1 Å². The van der Waals surface area contributed by atoms with E-state index < -0.39 is 10.0 Å². The zero-order valence-corrected chi connectivity index (χ0v) is 12.8. The summed E-state index contributed by atoms with van der Waals surface area (Å²) in [5.74, 6) is 0. The lowest BCUT2D eigenvalue weighted by atomic mass is 9.96. The molecule has 20 heavy (non-hydrogen) atoms. The Balaban J connectivity index is 1.89. The Morgan fingerprint density at radius 3 is 2.60 bits per heavy atom. The molecule has 0 saturated carbocycles. The number of halogens is 2. The van der Waals surface area contributed by atoms with Crippen LogP contribution in [0.4, 0.5) is 5.69 Å². The highest BCUT2D eigenvalue weighted by molar-refractivity contribution is 7.89. The third kappa shape index (κ3) is 2.51. The van der Waals surface area contributed by atoms with Crippen LogP contribution in [0.25, 0.3) is 0 Å². The molecule has 0 radical (unpaired) electrons. The lowest BCUT2D eigenvalue weighted by Crippen LogP contribution is -2.41. The number of nitrogens with two attached hydrogens (primary N) is 1. The average Bonchev–Trinajstić information content (AvgIpc) is 2.87. The summed E-state index contributed by atoms with van der Waals surface area (Å²) in [6.07, 6.45) is 2.66. The number of hydrogen-bond donors (Lipinski definition) is 2. The number of benzene rings is 1. The molecule has 3 atom stereocenters. The molecule has 110 valence electrons. The molecule has 2 aliphatic rings. The summed E-state index contributed by atoms with van der Waals surface area (Å²) in [5, 5.41) is 0.321. The molecule has 2 bridgehead atoms. The quantitative estimate of drug-likeness (QED) is 0.829. The molecule has 0 amide bonds. The maximum Gasteiger partial charge on any atom is 0.244 e. The van der Waals surface area contributed by atoms with Crippen LogP contribution in [0.5, 0.6) is 0 Å². The van der Waals surface area contributed by atoms with Gasteiger partial charge in [-0.1, -0.05) is 23.2 Å². The number of fused-ring (bicyclic) bond motifs is 2. The Morgan fingerprint density at radius 1 is 1.30 bits per heavy atom. The van der Waals surface area contributed by atoms with E-state index in [2.05, 4.69) is 4.72 Å². The summed E-state index contributed by atoms with van der Waals surface area (Å²) in [6, 6.07) is 2.52. The van der Waals surface area contributed by atoms with Crippen molar-refractivity contribution in [3.63, 3.8) is 0 Å². The minimum Gasteiger partial charge on any atom is -0.398 e. The molecule has 1 aromatic rings. The summed E-state index contributed by atoms with van der Waals surface area (Å²) in [7, 11) is -3.79. The predicted octanol–water partition coefficient (Wildman–Crippen LogP) is 2.17. The lowest BCUT2D eigenvalue weighted by molar-refractivity contribution is 0.0996. The van der Waals surface area contributed by atoms with E-state index in [1.54, 1.807) is 0 Å². The van der Waals surface area contributed by atoms with Crippen LogP contribution < -0.4 is 10.5 Å². The first-order valence-electron chi connectivity index (χ1n) is 6.29. The Hall–Kier alpha value is -0.530. The predicted molar refractivity (Wildman–Crippen MR) is 77.5 cm³/mol. The van der Waals surface area contributed by atoms with Crippen molar-refractivity contribution < 1.29 is 13.2 Å². The van der Waals surface area contributed by atoms with Gasteiger partial charge in [0.2, 0.25) is 10.0 Å². The average molecular weight is 337 g/mol. The van der Waals surface area contributed by atoms with Crippen LogP contribution in [0.3, 0.4) is 0 Å². The first kappa shape index (κ1) is 14.4. The van der Waals surface area contributed by atoms with E-state index in [1.807, 2.05) is 0 Å². The standard InChI is InChI=1S/C12H14Cl2N2O3S/c13-6-3-8(14)12(9(15)4-6)20(17,18)16-10-5-7-1-2-11(10)19-7/h3-4,7,10-11,16H,1-2,5,15H2. The number of hydrogen-bond acceptors (Lipinski definition) is 4. The SMILES string of the molecule is Nc1cc(Cl)cc(Cl)c1S(=O)(=O)NC1CC2CCC1O2. The Labute approximate surface area is 127 Å². The topological polar surface area (TPSA) is 81.4 Å². The highest BCUT2D eigenvalue weighted by Crippen LogP contribution is 2.36. The highest BCUT2D eigenvalue weighted by atomic mass is 35.5. The van der Waals surface area contributed by atoms with E-state index in [9.17, 15) is 8.42 Å². The number of ether oxygens (including phenoxy) is 1. The molecule has 3 rings (SSSR count). The molecular weight excluding hydrogens is 323 g/mol. The fourth-order valence-electron chi connectivity index (χ4n) is 2.88. The van der Waals surface area contributed by atoms with E-state index in [-0.39, 0.29) is 33.9 Å². The van der Waals surface area contributed by atoms with Crippen molar-refractivity contribution in [2.45, 2.75) is 42.4 Å². The van der Waals surface area contributed by atoms with E-state index >= 15 is 0 Å². The zero-order chi connectivity index (χ0) is 14.5. The second-order valence-electron chi connectivity index (χ2n) is 5.14. The summed E-state index contributed by atoms with van der Waals surface area (Å²) >= 11 is 11.8. The van der Waals surface area contributed by atoms with Gasteiger partial charge in [-0.2, -0.15) is 0 Å². The fourth-order valence-corrected chi connectivity index (χ4v) is 5.15. The van der Waals surface area contributed by atoms with E-state index in [0.717, 1.165) is 12.8 Å². The van der Waals surface area contributed by atoms with Gasteiger partial charge in [-0.3, -0.25) is 0 Å². The maximum atomic E-state index is 12.4. The molecule has 0 aromatic heterocycles. The highest BCUT2D eigenvalue weighted by Gasteiger charge is 2.43. The van der Waals surface area contributed by atoms with Crippen LogP contribution in [-0.2, 0) is 14.8 Å². The number of anilines is 1. The van der Waals surface area contributed by atoms with Crippen LogP contribution >= 0.6 is 23.2 Å².